The van der Waals surface area contributed by atoms with E-state index >= 15 is 0 Å². The number of allylic oxidation sites excluding steroid dienone is 1. The van der Waals surface area contributed by atoms with Crippen molar-refractivity contribution in [2.24, 2.45) is 5.92 Å². The average molecular weight is 435 g/mol. The minimum Gasteiger partial charge on any atom is -0.338 e. The van der Waals surface area contributed by atoms with Crippen LogP contribution in [0.3, 0.4) is 0 Å². The highest BCUT2D eigenvalue weighted by atomic mass is 35.5. The van der Waals surface area contributed by atoms with Crippen molar-refractivity contribution in [3.63, 3.8) is 0 Å². The van der Waals surface area contributed by atoms with Gasteiger partial charge in [-0.3, -0.25) is 9.80 Å². The van der Waals surface area contributed by atoms with Gasteiger partial charge in [-0.1, -0.05) is 34.4 Å². The number of amides is 1. The summed E-state index contributed by atoms with van der Waals surface area (Å²) in [5, 5.41) is 13.3. The van der Waals surface area contributed by atoms with E-state index in [1.807, 2.05) is 0 Å². The Hall–Kier alpha value is -2.13. The van der Waals surface area contributed by atoms with Gasteiger partial charge in [0.1, 0.15) is 6.17 Å². The SMILES string of the molecule is O=C1C=C(C2CCNCC2)N2NCC(c3nc(-c4cccc(Cl)c4Cl)no3)C2N1. The van der Waals surface area contributed by atoms with Crippen LogP contribution in [0.5, 0.6) is 0 Å². The maximum atomic E-state index is 12.4. The van der Waals surface area contributed by atoms with Gasteiger partial charge in [0.05, 0.1) is 16.0 Å². The first-order valence-electron chi connectivity index (χ1n) is 9.65. The predicted molar refractivity (Wildman–Crippen MR) is 108 cm³/mol. The molecule has 152 valence electrons. The number of aromatic nitrogens is 2. The Morgan fingerprint density at radius 2 is 2.03 bits per heavy atom. The standard InChI is InChI=1S/C19H20Cl2N6O2/c20-13-3-1-2-11(16(13)21)17-25-19(29-26-17)12-9-23-27-14(8-15(28)24-18(12)27)10-4-6-22-7-5-10/h1-3,8,10,12,18,22-23H,4-7,9H2,(H,24,28). The van der Waals surface area contributed by atoms with Gasteiger partial charge in [-0.25, -0.2) is 5.43 Å². The molecule has 0 bridgehead atoms. The molecule has 2 fully saturated rings. The van der Waals surface area contributed by atoms with Gasteiger partial charge >= 0.3 is 0 Å². The van der Waals surface area contributed by atoms with E-state index in [1.165, 1.54) is 0 Å². The van der Waals surface area contributed by atoms with Crippen molar-refractivity contribution in [1.29, 1.82) is 0 Å². The lowest BCUT2D eigenvalue weighted by atomic mass is 9.92. The zero-order valence-corrected chi connectivity index (χ0v) is 17.0. The van der Waals surface area contributed by atoms with Gasteiger partial charge in [-0.2, -0.15) is 4.98 Å². The van der Waals surface area contributed by atoms with Gasteiger partial charge in [0.25, 0.3) is 0 Å². The number of piperidine rings is 1. The van der Waals surface area contributed by atoms with Crippen molar-refractivity contribution < 1.29 is 9.32 Å². The number of carbonyl (C=O) groups is 1. The zero-order chi connectivity index (χ0) is 20.0. The van der Waals surface area contributed by atoms with Crippen LogP contribution in [0.2, 0.25) is 10.0 Å². The van der Waals surface area contributed by atoms with Crippen LogP contribution in [0.4, 0.5) is 0 Å². The summed E-state index contributed by atoms with van der Waals surface area (Å²) in [6, 6.07) is 5.29. The zero-order valence-electron chi connectivity index (χ0n) is 15.5. The Bertz CT molecular complexity index is 971. The van der Waals surface area contributed by atoms with Crippen LogP contribution in [0.1, 0.15) is 24.7 Å². The van der Waals surface area contributed by atoms with Crippen LogP contribution < -0.4 is 16.1 Å². The highest BCUT2D eigenvalue weighted by Crippen LogP contribution is 2.36. The smallest absolute Gasteiger partial charge is 0.247 e. The highest BCUT2D eigenvalue weighted by Gasteiger charge is 2.44. The van der Waals surface area contributed by atoms with Gasteiger partial charge < -0.3 is 15.2 Å². The molecule has 3 aliphatic rings. The molecular formula is C19H20Cl2N6O2. The Kier molecular flexibility index (Phi) is 4.95. The summed E-state index contributed by atoms with van der Waals surface area (Å²) in [6.45, 7) is 2.50. The molecule has 4 heterocycles. The van der Waals surface area contributed by atoms with Crippen LogP contribution in [0, 0.1) is 5.92 Å². The predicted octanol–water partition coefficient (Wildman–Crippen LogP) is 2.29. The fourth-order valence-electron chi connectivity index (χ4n) is 4.22. The number of carbonyl (C=O) groups excluding carboxylic acids is 1. The number of hydrogen-bond acceptors (Lipinski definition) is 7. The monoisotopic (exact) mass is 434 g/mol. The molecule has 3 aliphatic heterocycles. The second-order valence-corrected chi connectivity index (χ2v) is 8.23. The van der Waals surface area contributed by atoms with E-state index in [-0.39, 0.29) is 18.0 Å². The molecule has 8 nitrogen and oxygen atoms in total. The quantitative estimate of drug-likeness (QED) is 0.681. The molecule has 0 saturated carbocycles. The van der Waals surface area contributed by atoms with Crippen LogP contribution in [0.15, 0.2) is 34.5 Å². The molecule has 1 aromatic heterocycles. The number of rotatable bonds is 3. The van der Waals surface area contributed by atoms with Crippen LogP contribution in [-0.4, -0.2) is 46.9 Å². The van der Waals surface area contributed by atoms with Gasteiger partial charge in [0, 0.05) is 29.8 Å². The van der Waals surface area contributed by atoms with E-state index in [4.69, 9.17) is 27.7 Å². The first kappa shape index (κ1) is 18.9. The summed E-state index contributed by atoms with van der Waals surface area (Å²) >= 11 is 12.4. The van der Waals surface area contributed by atoms with E-state index < -0.39 is 0 Å². The van der Waals surface area contributed by atoms with Gasteiger partial charge in [0.15, 0.2) is 0 Å². The molecule has 2 aromatic rings. The van der Waals surface area contributed by atoms with Crippen molar-refractivity contribution >= 4 is 29.1 Å². The average Bonchev–Trinajstić information content (AvgIpc) is 3.37. The van der Waals surface area contributed by atoms with Gasteiger partial charge in [-0.05, 0) is 38.1 Å². The Morgan fingerprint density at radius 1 is 1.21 bits per heavy atom. The summed E-state index contributed by atoms with van der Waals surface area (Å²) in [6.07, 6.45) is 3.44. The van der Waals surface area contributed by atoms with Crippen molar-refractivity contribution in [2.45, 2.75) is 24.9 Å². The Morgan fingerprint density at radius 3 is 2.86 bits per heavy atom. The molecule has 10 heteroatoms. The van der Waals surface area contributed by atoms with Crippen molar-refractivity contribution in [3.8, 4) is 11.4 Å². The van der Waals surface area contributed by atoms with E-state index in [9.17, 15) is 4.79 Å². The molecule has 2 atom stereocenters. The number of hydrogen-bond donors (Lipinski definition) is 3. The van der Waals surface area contributed by atoms with Gasteiger partial charge in [-0.15, -0.1) is 0 Å². The van der Waals surface area contributed by atoms with Gasteiger partial charge in [0.2, 0.25) is 17.6 Å². The van der Waals surface area contributed by atoms with E-state index in [0.717, 1.165) is 31.6 Å². The molecule has 0 radical (unpaired) electrons. The minimum atomic E-state index is -0.277. The molecular weight excluding hydrogens is 415 g/mol. The largest absolute Gasteiger partial charge is 0.338 e. The summed E-state index contributed by atoms with van der Waals surface area (Å²) in [5.74, 6) is 0.902. The first-order valence-corrected chi connectivity index (χ1v) is 10.4. The molecule has 29 heavy (non-hydrogen) atoms. The molecule has 5 rings (SSSR count). The summed E-state index contributed by atoms with van der Waals surface area (Å²) in [4.78, 5) is 16.9. The second kappa shape index (κ2) is 7.60. The summed E-state index contributed by atoms with van der Waals surface area (Å²) < 4.78 is 5.55. The topological polar surface area (TPSA) is 95.3 Å². The van der Waals surface area contributed by atoms with Crippen LogP contribution in [-0.2, 0) is 4.79 Å². The highest BCUT2D eigenvalue weighted by molar-refractivity contribution is 6.43. The van der Waals surface area contributed by atoms with Crippen LogP contribution >= 0.6 is 23.2 Å². The molecule has 0 spiro atoms. The van der Waals surface area contributed by atoms with Crippen molar-refractivity contribution in [3.05, 3.63) is 45.9 Å². The van der Waals surface area contributed by atoms with E-state index in [2.05, 4.69) is 31.2 Å². The lowest BCUT2D eigenvalue weighted by Gasteiger charge is -2.38. The first-order chi connectivity index (χ1) is 14.1. The second-order valence-electron chi connectivity index (χ2n) is 7.44. The van der Waals surface area contributed by atoms with Crippen molar-refractivity contribution in [1.82, 2.24) is 31.2 Å². The lowest BCUT2D eigenvalue weighted by Crippen LogP contribution is -2.53. The summed E-state index contributed by atoms with van der Waals surface area (Å²) in [7, 11) is 0. The third-order valence-electron chi connectivity index (χ3n) is 5.70. The summed E-state index contributed by atoms with van der Waals surface area (Å²) in [5.41, 5.74) is 5.04. The number of nitrogens with zero attached hydrogens (tertiary/aromatic N) is 3. The number of benzene rings is 1. The molecule has 3 N–H and O–H groups in total. The minimum absolute atomic E-state index is 0.0916. The van der Waals surface area contributed by atoms with Crippen molar-refractivity contribution in [2.75, 3.05) is 19.6 Å². The number of nitrogens with one attached hydrogen (secondary N) is 3. The fourth-order valence-corrected chi connectivity index (χ4v) is 4.61. The fraction of sp³-hybridized carbons (Fsp3) is 0.421. The maximum absolute atomic E-state index is 12.4. The molecule has 0 aliphatic carbocycles. The Balaban J connectivity index is 1.41. The lowest BCUT2D eigenvalue weighted by molar-refractivity contribution is -0.119. The maximum Gasteiger partial charge on any atom is 0.247 e. The molecule has 1 amide bonds. The number of fused-ring (bicyclic) bond motifs is 1. The molecule has 1 aromatic carbocycles. The van der Waals surface area contributed by atoms with E-state index in [0.29, 0.717) is 39.8 Å². The number of halogens is 2. The molecule has 2 unspecified atom stereocenters. The van der Waals surface area contributed by atoms with Crippen LogP contribution in [0.25, 0.3) is 11.4 Å². The third kappa shape index (κ3) is 3.40. The Labute approximate surface area is 177 Å². The normalized spacial score (nSPS) is 25.0. The van der Waals surface area contributed by atoms with E-state index in [1.54, 1.807) is 24.3 Å². The molecule has 2 saturated heterocycles. The third-order valence-corrected chi connectivity index (χ3v) is 6.52. The number of hydrazine groups is 1.